The number of unbranched alkanes of at least 4 members (excludes halogenated alkanes) is 2. The van der Waals surface area contributed by atoms with Gasteiger partial charge in [0.1, 0.15) is 86.0 Å². The summed E-state index contributed by atoms with van der Waals surface area (Å²) in [6.07, 6.45) is -25.9. The van der Waals surface area contributed by atoms with Crippen LogP contribution in [-0.2, 0) is 154 Å². The number of benzene rings is 12. The molecule has 0 aliphatic carbocycles. The van der Waals surface area contributed by atoms with E-state index in [-0.39, 0.29) is 109 Å². The summed E-state index contributed by atoms with van der Waals surface area (Å²) in [4.78, 5) is 48.7. The number of carbonyl (C=O) groups excluding carboxylic acids is 3. The SMILES string of the molecule is [N-]=[N+]=NCCCCCO[C@H]1OC(COC(=O)c2ccccc2)[C@@H](OCc2ccccc2)C(O[C@H]2OC(COCc3ccccc3)[C@@H]3C(OC3(OCc3ccccc3)[C@H]3OC(COCc4ccccc4)[C@@H](OCc4ccccc4)C(OCc4ccccc4)C3O[C@H]3OC(COCc4ccccc4)[C@@H](OCc4ccccc4)C(OCc4ccccc4)C3O)C2OC(=O)c2ccccc2)C1OC(=O)c1ccccc1. The van der Waals surface area contributed by atoms with Gasteiger partial charge < -0.3 is 99.8 Å². The first-order chi connectivity index (χ1) is 69.5. The summed E-state index contributed by atoms with van der Waals surface area (Å²) in [7, 11) is 0. The fraction of sp³-hybridized carbons (Fsp3) is 0.342. The zero-order chi connectivity index (χ0) is 96.4. The molecule has 0 radical (unpaired) electrons. The maximum absolute atomic E-state index is 15.9. The van der Waals surface area contributed by atoms with Crippen LogP contribution in [0.15, 0.2) is 369 Å². The molecule has 141 heavy (non-hydrogen) atoms. The van der Waals surface area contributed by atoms with Crippen molar-refractivity contribution in [3.63, 3.8) is 0 Å². The Hall–Kier alpha value is -12.4. The van der Waals surface area contributed by atoms with Gasteiger partial charge in [0.15, 0.2) is 31.1 Å². The highest BCUT2D eigenvalue weighted by Crippen LogP contribution is 2.56. The second kappa shape index (κ2) is 51.9. The third kappa shape index (κ3) is 27.3. The zero-order valence-corrected chi connectivity index (χ0v) is 78.1. The average Bonchev–Trinajstić information content (AvgIpc) is 0.686. The van der Waals surface area contributed by atoms with Crippen LogP contribution >= 0.6 is 0 Å². The second-order valence-corrected chi connectivity index (χ2v) is 35.2. The highest BCUT2D eigenvalue weighted by molar-refractivity contribution is 5.90. The van der Waals surface area contributed by atoms with E-state index < -0.39 is 153 Å². The predicted molar refractivity (Wildman–Crippen MR) is 518 cm³/mol. The summed E-state index contributed by atoms with van der Waals surface area (Å²) in [5.74, 6) is -5.88. The Morgan fingerprint density at radius 1 is 0.312 bits per heavy atom. The van der Waals surface area contributed by atoms with Crippen LogP contribution in [0.1, 0.15) is 100 Å². The minimum absolute atomic E-state index is 0.00622. The Morgan fingerprint density at radius 2 is 0.645 bits per heavy atom. The van der Waals surface area contributed by atoms with Gasteiger partial charge in [-0.25, -0.2) is 14.4 Å². The number of azide groups is 1. The average molecular weight is 1910 g/mol. The lowest BCUT2D eigenvalue weighted by molar-refractivity contribution is -0.498. The number of carbonyl (C=O) groups is 3. The molecule has 0 aromatic heterocycles. The van der Waals surface area contributed by atoms with Crippen molar-refractivity contribution in [3.05, 3.63) is 441 Å². The standard InChI is InChI=1S/C114H117N3O24/c115-117-116-64-38-13-39-65-125-112-106(138-110(121)90-62-36-12-37-63-90)103(99(128-71-84-50-24-6-25-51-84)94(136-112)78-131-108(119)88-58-32-10-33-59-88)139-113-105(137-109(120)89-60-34-11-35-61-89)100-95(91(134-113)75-122-66-79-40-14-1-15-41-79)114(141-100,132-74-87-56-30-9-31-57-87)107-104(102(130-73-86-54-28-8-29-55-86)98(127-70-83-48-22-5-23-49-83)92(133-107)76-123-67-80-42-16-2-17-43-80)140-111-96(118)101(129-72-85-52-26-7-27-53-85)97(126-69-82-46-20-4-21-47-82)93(135-111)77-124-68-81-44-18-3-19-45-81/h1-12,14-37,40-63,91-107,111-113,118H,13,38-39,64-78H2/t91?,92?,93?,94?,95-,96?,97-,98-,99-,100?,101?,102?,103?,104?,105?,106?,107+,111-,112+,113-,114?/m1/s1. The van der Waals surface area contributed by atoms with E-state index in [2.05, 4.69) is 10.0 Å². The van der Waals surface area contributed by atoms with E-state index in [1.54, 1.807) is 91.0 Å². The molecule has 0 saturated carbocycles. The van der Waals surface area contributed by atoms with Crippen molar-refractivity contribution >= 4 is 17.9 Å². The summed E-state index contributed by atoms with van der Waals surface area (Å²) >= 11 is 0. The van der Waals surface area contributed by atoms with Crippen LogP contribution in [0, 0.1) is 5.92 Å². The Labute approximate surface area is 820 Å². The van der Waals surface area contributed by atoms with Crippen molar-refractivity contribution in [1.29, 1.82) is 0 Å². The van der Waals surface area contributed by atoms with E-state index in [1.165, 1.54) is 0 Å². The van der Waals surface area contributed by atoms with Crippen molar-refractivity contribution in [1.82, 2.24) is 0 Å². The van der Waals surface area contributed by atoms with E-state index in [0.29, 0.717) is 30.4 Å². The summed E-state index contributed by atoms with van der Waals surface area (Å²) in [5.41, 5.74) is 16.9. The van der Waals surface area contributed by atoms with Crippen LogP contribution < -0.4 is 0 Å². The highest BCUT2D eigenvalue weighted by atomic mass is 16.8. The van der Waals surface area contributed by atoms with E-state index in [9.17, 15) is 15.4 Å². The van der Waals surface area contributed by atoms with Gasteiger partial charge in [0.05, 0.1) is 108 Å². The number of aliphatic hydroxyl groups excluding tert-OH is 1. The number of rotatable bonds is 49. The molecule has 12 aromatic carbocycles. The van der Waals surface area contributed by atoms with Gasteiger partial charge in [0.2, 0.25) is 5.79 Å². The Balaban J connectivity index is 0.846. The van der Waals surface area contributed by atoms with Gasteiger partial charge in [0.25, 0.3) is 0 Å². The van der Waals surface area contributed by atoms with Crippen LogP contribution in [-0.4, -0.2) is 185 Å². The third-order valence-electron chi connectivity index (χ3n) is 25.3. The van der Waals surface area contributed by atoms with Crippen molar-refractivity contribution < 1.29 is 114 Å². The van der Waals surface area contributed by atoms with Crippen LogP contribution in [0.5, 0.6) is 0 Å². The molecule has 27 nitrogen and oxygen atoms in total. The van der Waals surface area contributed by atoms with Crippen molar-refractivity contribution in [3.8, 4) is 0 Å². The molecule has 13 unspecified atom stereocenters. The summed E-state index contributed by atoms with van der Waals surface area (Å²) in [5, 5.41) is 17.8. The van der Waals surface area contributed by atoms with Crippen LogP contribution in [0.25, 0.3) is 10.4 Å². The summed E-state index contributed by atoms with van der Waals surface area (Å²) < 4.78 is 146. The molecule has 12 aromatic rings. The molecule has 5 fully saturated rings. The number of ether oxygens (including phenoxy) is 20. The number of hydrogen-bond donors (Lipinski definition) is 1. The van der Waals surface area contributed by atoms with Gasteiger partial charge in [-0.05, 0) is 105 Å². The molecule has 5 aliphatic heterocycles. The quantitative estimate of drug-likeness (QED) is 0.00925. The van der Waals surface area contributed by atoms with Crippen LogP contribution in [0.2, 0.25) is 0 Å². The zero-order valence-electron chi connectivity index (χ0n) is 78.1. The molecule has 0 spiro atoms. The minimum atomic E-state index is -2.26. The molecule has 0 amide bonds. The maximum Gasteiger partial charge on any atom is 0.338 e. The van der Waals surface area contributed by atoms with Gasteiger partial charge in [-0.1, -0.05) is 339 Å². The van der Waals surface area contributed by atoms with Crippen LogP contribution in [0.4, 0.5) is 0 Å². The van der Waals surface area contributed by atoms with E-state index >= 15 is 9.59 Å². The molecule has 1 N–H and O–H groups in total. The molecule has 27 heteroatoms. The van der Waals surface area contributed by atoms with E-state index in [0.717, 1.165) is 38.9 Å². The monoisotopic (exact) mass is 1910 g/mol. The van der Waals surface area contributed by atoms with Gasteiger partial charge in [-0.2, -0.15) is 0 Å². The van der Waals surface area contributed by atoms with Crippen molar-refractivity contribution in [2.24, 2.45) is 11.0 Å². The van der Waals surface area contributed by atoms with Crippen molar-refractivity contribution in [2.75, 3.05) is 39.6 Å². The smallest absolute Gasteiger partial charge is 0.338 e. The topological polar surface area (TPSA) is 305 Å². The molecule has 5 heterocycles. The van der Waals surface area contributed by atoms with Gasteiger partial charge in [-0.15, -0.1) is 0 Å². The highest BCUT2D eigenvalue weighted by Gasteiger charge is 2.75. The molecule has 5 aliphatic rings. The maximum atomic E-state index is 15.9. The van der Waals surface area contributed by atoms with E-state index in [4.69, 9.17) is 94.7 Å². The molecule has 5 saturated heterocycles. The number of fused-ring (bicyclic) bond motifs is 1. The van der Waals surface area contributed by atoms with E-state index in [1.807, 2.05) is 273 Å². The Kier molecular flexibility index (Phi) is 36.9. The molecule has 21 atom stereocenters. The molecule has 0 bridgehead atoms. The summed E-state index contributed by atoms with van der Waals surface area (Å²) in [6, 6.07) is 112. The number of nitrogens with zero attached hydrogens (tertiary/aromatic N) is 3. The molecular weight excluding hydrogens is 1800 g/mol. The first-order valence-corrected chi connectivity index (χ1v) is 48.0. The number of hydrogen-bond acceptors (Lipinski definition) is 25. The lowest BCUT2D eigenvalue weighted by Crippen LogP contribution is -2.82. The molecule has 17 rings (SSSR count). The minimum Gasteiger partial charge on any atom is -0.459 e. The summed E-state index contributed by atoms with van der Waals surface area (Å²) in [6.45, 7) is -0.835. The third-order valence-corrected chi connectivity index (χ3v) is 25.3. The van der Waals surface area contributed by atoms with Gasteiger partial charge in [-0.3, -0.25) is 0 Å². The first-order valence-electron chi connectivity index (χ1n) is 48.0. The second-order valence-electron chi connectivity index (χ2n) is 35.2. The van der Waals surface area contributed by atoms with Gasteiger partial charge >= 0.3 is 17.9 Å². The molecule has 732 valence electrons. The lowest BCUT2D eigenvalue weighted by Gasteiger charge is -2.65. The normalized spacial score (nSPS) is 25.7. The Morgan fingerprint density at radius 3 is 1.08 bits per heavy atom. The van der Waals surface area contributed by atoms with Crippen LogP contribution in [0.3, 0.4) is 0 Å². The largest absolute Gasteiger partial charge is 0.459 e. The van der Waals surface area contributed by atoms with Crippen molar-refractivity contribution in [2.45, 2.75) is 201 Å². The lowest BCUT2D eigenvalue weighted by atomic mass is 9.71. The number of aliphatic hydroxyl groups is 1. The fourth-order valence-corrected chi connectivity index (χ4v) is 18.2. The fourth-order valence-electron chi connectivity index (χ4n) is 18.2. The first kappa shape index (κ1) is 100. The van der Waals surface area contributed by atoms with Gasteiger partial charge in [0, 0.05) is 18.1 Å². The predicted octanol–water partition coefficient (Wildman–Crippen LogP) is 18.4. The molecular formula is C114H117N3O24. The number of esters is 3. The Bertz CT molecular complexity index is 5760.